The summed E-state index contributed by atoms with van der Waals surface area (Å²) in [5, 5.41) is 5.90. The third-order valence-corrected chi connectivity index (χ3v) is 2.72. The van der Waals surface area contributed by atoms with Gasteiger partial charge in [0.2, 0.25) is 0 Å². The second kappa shape index (κ2) is 3.09. The molecule has 0 atom stereocenters. The average molecular weight is 202 g/mol. The van der Waals surface area contributed by atoms with Crippen molar-refractivity contribution in [3.05, 3.63) is 29.5 Å². The Balaban J connectivity index is 2.81. The van der Waals surface area contributed by atoms with Crippen LogP contribution in [0.1, 0.15) is 32.0 Å². The first-order valence-corrected chi connectivity index (χ1v) is 5.33. The first-order valence-electron chi connectivity index (χ1n) is 5.33. The fraction of sp³-hybridized carbons (Fsp3) is 0.462. The molecular weight excluding hydrogens is 184 g/mol. The molecule has 0 saturated heterocycles. The molecule has 1 aromatic heterocycles. The van der Waals surface area contributed by atoms with Gasteiger partial charge in [0.1, 0.15) is 0 Å². The van der Waals surface area contributed by atoms with Gasteiger partial charge in [0.25, 0.3) is 0 Å². The molecule has 0 unspecified atom stereocenters. The summed E-state index contributed by atoms with van der Waals surface area (Å²) < 4.78 is 1.97. The molecule has 0 bridgehead atoms. The van der Waals surface area contributed by atoms with Crippen molar-refractivity contribution in [1.82, 2.24) is 9.78 Å². The van der Waals surface area contributed by atoms with Gasteiger partial charge in [-0.15, -0.1) is 0 Å². The van der Waals surface area contributed by atoms with Crippen molar-refractivity contribution in [3.8, 4) is 0 Å². The van der Waals surface area contributed by atoms with Gasteiger partial charge in [-0.25, -0.2) is 0 Å². The number of nitrogens with zero attached hydrogens (tertiary/aromatic N) is 2. The Morgan fingerprint density at radius 2 is 1.87 bits per heavy atom. The number of benzene rings is 1. The summed E-state index contributed by atoms with van der Waals surface area (Å²) in [5.41, 5.74) is 3.79. The number of aryl methyl sites for hydroxylation is 2. The van der Waals surface area contributed by atoms with E-state index in [0.717, 1.165) is 0 Å². The predicted molar refractivity (Wildman–Crippen MR) is 64.2 cm³/mol. The maximum absolute atomic E-state index is 4.62. The minimum atomic E-state index is 0.104. The Labute approximate surface area is 90.9 Å². The fourth-order valence-corrected chi connectivity index (χ4v) is 1.93. The van der Waals surface area contributed by atoms with Gasteiger partial charge in [0, 0.05) is 17.8 Å². The molecule has 2 rings (SSSR count). The highest BCUT2D eigenvalue weighted by molar-refractivity contribution is 5.83. The number of hydrogen-bond donors (Lipinski definition) is 0. The molecule has 0 N–H and O–H groups in total. The molecule has 2 nitrogen and oxygen atoms in total. The van der Waals surface area contributed by atoms with Crippen LogP contribution in [0.2, 0.25) is 0 Å². The van der Waals surface area contributed by atoms with Gasteiger partial charge in [0.15, 0.2) is 0 Å². The van der Waals surface area contributed by atoms with E-state index in [0.29, 0.717) is 0 Å². The number of hydrogen-bond acceptors (Lipinski definition) is 1. The first kappa shape index (κ1) is 10.2. The lowest BCUT2D eigenvalue weighted by Gasteiger charge is -2.15. The number of aromatic nitrogens is 2. The van der Waals surface area contributed by atoms with Crippen molar-refractivity contribution < 1.29 is 0 Å². The molecule has 0 amide bonds. The monoisotopic (exact) mass is 202 g/mol. The number of rotatable bonds is 0. The zero-order valence-corrected chi connectivity index (χ0v) is 10.1. The van der Waals surface area contributed by atoms with E-state index in [-0.39, 0.29) is 5.41 Å². The van der Waals surface area contributed by atoms with Gasteiger partial charge in [-0.2, -0.15) is 5.10 Å². The van der Waals surface area contributed by atoms with Gasteiger partial charge in [-0.3, -0.25) is 4.68 Å². The van der Waals surface area contributed by atoms with Crippen molar-refractivity contribution in [1.29, 1.82) is 0 Å². The highest BCUT2D eigenvalue weighted by atomic mass is 15.3. The molecule has 80 valence electrons. The van der Waals surface area contributed by atoms with Crippen LogP contribution in [0.3, 0.4) is 0 Å². The van der Waals surface area contributed by atoms with Crippen molar-refractivity contribution in [3.63, 3.8) is 0 Å². The standard InChI is InChI=1S/C13H18N2/c1-9-6-7-11-10(8-9)12(13(2,3)4)14-15(11)5/h6-8H,1-5H3. The summed E-state index contributed by atoms with van der Waals surface area (Å²) in [6.07, 6.45) is 0. The maximum Gasteiger partial charge on any atom is 0.0756 e. The Morgan fingerprint density at radius 3 is 2.47 bits per heavy atom. The van der Waals surface area contributed by atoms with Crippen LogP contribution >= 0.6 is 0 Å². The topological polar surface area (TPSA) is 17.8 Å². The van der Waals surface area contributed by atoms with E-state index in [2.05, 4.69) is 51.0 Å². The van der Waals surface area contributed by atoms with Crippen LogP contribution in [0.4, 0.5) is 0 Å². The number of fused-ring (bicyclic) bond motifs is 1. The second-order valence-corrected chi connectivity index (χ2v) is 5.24. The highest BCUT2D eigenvalue weighted by Gasteiger charge is 2.21. The van der Waals surface area contributed by atoms with E-state index < -0.39 is 0 Å². The lowest BCUT2D eigenvalue weighted by atomic mass is 9.89. The Kier molecular flexibility index (Phi) is 2.10. The van der Waals surface area contributed by atoms with Gasteiger partial charge in [-0.05, 0) is 19.1 Å². The molecule has 1 aromatic carbocycles. The van der Waals surface area contributed by atoms with E-state index in [1.165, 1.54) is 22.2 Å². The predicted octanol–water partition coefficient (Wildman–Crippen LogP) is 3.18. The molecule has 2 heteroatoms. The molecule has 15 heavy (non-hydrogen) atoms. The van der Waals surface area contributed by atoms with Crippen LogP contribution in [-0.2, 0) is 12.5 Å². The minimum Gasteiger partial charge on any atom is -0.268 e. The Morgan fingerprint density at radius 1 is 1.20 bits per heavy atom. The van der Waals surface area contributed by atoms with E-state index in [4.69, 9.17) is 0 Å². The van der Waals surface area contributed by atoms with E-state index in [9.17, 15) is 0 Å². The third-order valence-electron chi connectivity index (χ3n) is 2.72. The molecule has 0 aliphatic heterocycles. The highest BCUT2D eigenvalue weighted by Crippen LogP contribution is 2.29. The van der Waals surface area contributed by atoms with Gasteiger partial charge in [-0.1, -0.05) is 32.4 Å². The molecule has 2 aromatic rings. The molecule has 0 radical (unpaired) electrons. The largest absolute Gasteiger partial charge is 0.268 e. The van der Waals surface area contributed by atoms with Crippen LogP contribution in [0.5, 0.6) is 0 Å². The van der Waals surface area contributed by atoms with Crippen LogP contribution in [0.25, 0.3) is 10.9 Å². The maximum atomic E-state index is 4.62. The van der Waals surface area contributed by atoms with Gasteiger partial charge >= 0.3 is 0 Å². The zero-order chi connectivity index (χ0) is 11.2. The van der Waals surface area contributed by atoms with Crippen LogP contribution in [0.15, 0.2) is 18.2 Å². The smallest absolute Gasteiger partial charge is 0.0756 e. The summed E-state index contributed by atoms with van der Waals surface area (Å²) in [4.78, 5) is 0. The van der Waals surface area contributed by atoms with Gasteiger partial charge in [0.05, 0.1) is 11.2 Å². The quantitative estimate of drug-likeness (QED) is 0.641. The minimum absolute atomic E-state index is 0.104. The van der Waals surface area contributed by atoms with E-state index >= 15 is 0 Å². The van der Waals surface area contributed by atoms with Crippen molar-refractivity contribution in [2.24, 2.45) is 7.05 Å². The Bertz CT molecular complexity index is 501. The zero-order valence-electron chi connectivity index (χ0n) is 10.1. The molecule has 0 fully saturated rings. The van der Waals surface area contributed by atoms with Crippen molar-refractivity contribution in [2.45, 2.75) is 33.1 Å². The van der Waals surface area contributed by atoms with Gasteiger partial charge < -0.3 is 0 Å². The van der Waals surface area contributed by atoms with Crippen LogP contribution in [-0.4, -0.2) is 9.78 Å². The SMILES string of the molecule is Cc1ccc2c(c1)c(C(C)(C)C)nn2C. The third kappa shape index (κ3) is 1.65. The summed E-state index contributed by atoms with van der Waals surface area (Å²) in [6, 6.07) is 6.51. The summed E-state index contributed by atoms with van der Waals surface area (Å²) in [7, 11) is 2.01. The van der Waals surface area contributed by atoms with Crippen LogP contribution in [0, 0.1) is 6.92 Å². The van der Waals surface area contributed by atoms with Crippen molar-refractivity contribution in [2.75, 3.05) is 0 Å². The fourth-order valence-electron chi connectivity index (χ4n) is 1.93. The second-order valence-electron chi connectivity index (χ2n) is 5.24. The summed E-state index contributed by atoms with van der Waals surface area (Å²) >= 11 is 0. The molecule has 1 heterocycles. The average Bonchev–Trinajstić information content (AvgIpc) is 2.42. The van der Waals surface area contributed by atoms with Crippen LogP contribution < -0.4 is 0 Å². The molecule has 0 aliphatic carbocycles. The molecule has 0 spiro atoms. The Hall–Kier alpha value is -1.31. The first-order chi connectivity index (χ1) is 6.89. The van der Waals surface area contributed by atoms with E-state index in [1.807, 2.05) is 11.7 Å². The van der Waals surface area contributed by atoms with E-state index in [1.54, 1.807) is 0 Å². The lowest BCUT2D eigenvalue weighted by Crippen LogP contribution is -2.12. The molecular formula is C13H18N2. The van der Waals surface area contributed by atoms with Crippen molar-refractivity contribution >= 4 is 10.9 Å². The summed E-state index contributed by atoms with van der Waals surface area (Å²) in [5.74, 6) is 0. The molecule has 0 aliphatic rings. The normalized spacial score (nSPS) is 12.3. The lowest BCUT2D eigenvalue weighted by molar-refractivity contribution is 0.558. The summed E-state index contributed by atoms with van der Waals surface area (Å²) in [6.45, 7) is 8.74. The molecule has 0 saturated carbocycles.